The van der Waals surface area contributed by atoms with Gasteiger partial charge in [-0.15, -0.1) is 0 Å². The van der Waals surface area contributed by atoms with Crippen LogP contribution in [0.25, 0.3) is 0 Å². The van der Waals surface area contributed by atoms with Crippen LogP contribution in [0.1, 0.15) is 17.3 Å². The summed E-state index contributed by atoms with van der Waals surface area (Å²) < 4.78 is 10.5. The molecule has 0 saturated carbocycles. The maximum absolute atomic E-state index is 12.7. The maximum Gasteiger partial charge on any atom is 0.325 e. The quantitative estimate of drug-likeness (QED) is 0.726. The maximum atomic E-state index is 12.7. The number of hydrogen-bond donors (Lipinski definition) is 1. The van der Waals surface area contributed by atoms with Gasteiger partial charge < -0.3 is 19.7 Å². The van der Waals surface area contributed by atoms with E-state index in [9.17, 15) is 14.4 Å². The van der Waals surface area contributed by atoms with Crippen LogP contribution in [0.2, 0.25) is 0 Å². The first-order valence-corrected chi connectivity index (χ1v) is 9.12. The fourth-order valence-electron chi connectivity index (χ4n) is 3.12. The molecule has 1 aliphatic heterocycles. The summed E-state index contributed by atoms with van der Waals surface area (Å²) in [5.74, 6) is 0.766. The number of Topliss-reactive ketones (excluding diaryl/α,β-unsaturated/α-hetero) is 1. The number of nitrogens with zero attached hydrogens (tertiary/aromatic N) is 2. The third kappa shape index (κ3) is 4.48. The number of ether oxygens (including phenoxy) is 2. The lowest BCUT2D eigenvalue weighted by Crippen LogP contribution is -2.37. The van der Waals surface area contributed by atoms with E-state index >= 15 is 0 Å². The Hall–Kier alpha value is -3.55. The van der Waals surface area contributed by atoms with Crippen molar-refractivity contribution in [2.75, 3.05) is 44.1 Å². The molecular weight excluding hydrogens is 374 g/mol. The minimum Gasteiger partial charge on any atom is -0.493 e. The Balaban J connectivity index is 1.62. The van der Waals surface area contributed by atoms with Gasteiger partial charge in [0.05, 0.1) is 14.2 Å². The fraction of sp³-hybridized carbons (Fsp3) is 0.286. The molecule has 0 radical (unpaired) electrons. The van der Waals surface area contributed by atoms with Gasteiger partial charge in [0, 0.05) is 36.1 Å². The predicted octanol–water partition coefficient (Wildman–Crippen LogP) is 2.79. The van der Waals surface area contributed by atoms with Gasteiger partial charge in [0.25, 0.3) is 0 Å². The Labute approximate surface area is 169 Å². The molecule has 1 fully saturated rings. The molecule has 8 nitrogen and oxygen atoms in total. The lowest BCUT2D eigenvalue weighted by Gasteiger charge is -2.19. The molecule has 3 amide bonds. The minimum atomic E-state index is -0.303. The standard InChI is InChI=1S/C21H23N3O5/c1-14(25)15-4-6-16(7-5-15)22-20(26)13-23-10-11-24(21(23)27)17-8-9-18(28-2)19(12-17)29-3/h4-9,12H,10-11,13H2,1-3H3,(H,22,26). The second-order valence-corrected chi connectivity index (χ2v) is 6.58. The van der Waals surface area contributed by atoms with Crippen LogP contribution in [-0.2, 0) is 4.79 Å². The number of methoxy groups -OCH3 is 2. The molecule has 0 spiro atoms. The molecule has 0 aromatic heterocycles. The van der Waals surface area contributed by atoms with Gasteiger partial charge in [0.2, 0.25) is 5.91 Å². The molecule has 3 rings (SSSR count). The van der Waals surface area contributed by atoms with E-state index in [0.717, 1.165) is 0 Å². The number of benzene rings is 2. The number of rotatable bonds is 7. The van der Waals surface area contributed by atoms with Crippen molar-refractivity contribution in [3.8, 4) is 11.5 Å². The lowest BCUT2D eigenvalue weighted by molar-refractivity contribution is -0.116. The average molecular weight is 397 g/mol. The van der Waals surface area contributed by atoms with Crippen LogP contribution in [0, 0.1) is 0 Å². The van der Waals surface area contributed by atoms with Gasteiger partial charge in [-0.05, 0) is 43.3 Å². The number of nitrogens with one attached hydrogen (secondary N) is 1. The summed E-state index contributed by atoms with van der Waals surface area (Å²) in [4.78, 5) is 39.5. The molecule has 1 aliphatic rings. The molecule has 1 heterocycles. The Morgan fingerprint density at radius 3 is 2.31 bits per heavy atom. The summed E-state index contributed by atoms with van der Waals surface area (Å²) in [5, 5.41) is 2.74. The first kappa shape index (κ1) is 20.2. The highest BCUT2D eigenvalue weighted by molar-refractivity contribution is 6.00. The van der Waals surface area contributed by atoms with Crippen LogP contribution >= 0.6 is 0 Å². The third-order valence-electron chi connectivity index (χ3n) is 4.68. The Bertz CT molecular complexity index is 926. The second-order valence-electron chi connectivity index (χ2n) is 6.58. The summed E-state index contributed by atoms with van der Waals surface area (Å²) in [6.07, 6.45) is 0. The van der Waals surface area contributed by atoms with Gasteiger partial charge in [0.1, 0.15) is 6.54 Å². The van der Waals surface area contributed by atoms with Crippen molar-refractivity contribution in [1.82, 2.24) is 4.90 Å². The van der Waals surface area contributed by atoms with Crippen LogP contribution in [0.15, 0.2) is 42.5 Å². The number of ketones is 1. The van der Waals surface area contributed by atoms with Crippen LogP contribution in [-0.4, -0.2) is 56.5 Å². The molecule has 1 saturated heterocycles. The summed E-state index contributed by atoms with van der Waals surface area (Å²) in [7, 11) is 3.08. The number of hydrogen-bond acceptors (Lipinski definition) is 5. The molecule has 8 heteroatoms. The predicted molar refractivity (Wildman–Crippen MR) is 109 cm³/mol. The Kier molecular flexibility index (Phi) is 6.01. The molecule has 1 N–H and O–H groups in total. The largest absolute Gasteiger partial charge is 0.493 e. The highest BCUT2D eigenvalue weighted by Gasteiger charge is 2.31. The van der Waals surface area contributed by atoms with Gasteiger partial charge in [-0.25, -0.2) is 4.79 Å². The first-order chi connectivity index (χ1) is 13.9. The summed E-state index contributed by atoms with van der Waals surface area (Å²) in [6, 6.07) is 11.6. The SMILES string of the molecule is COc1ccc(N2CCN(CC(=O)Nc3ccc(C(C)=O)cc3)C2=O)cc1OC. The van der Waals surface area contributed by atoms with E-state index < -0.39 is 0 Å². The van der Waals surface area contributed by atoms with Crippen molar-refractivity contribution in [3.05, 3.63) is 48.0 Å². The number of amides is 3. The van der Waals surface area contributed by atoms with E-state index in [2.05, 4.69) is 5.32 Å². The van der Waals surface area contributed by atoms with E-state index in [-0.39, 0.29) is 24.3 Å². The Morgan fingerprint density at radius 2 is 1.69 bits per heavy atom. The van der Waals surface area contributed by atoms with Gasteiger partial charge in [-0.3, -0.25) is 14.5 Å². The molecule has 0 aliphatic carbocycles. The zero-order chi connectivity index (χ0) is 21.0. The topological polar surface area (TPSA) is 88.2 Å². The average Bonchev–Trinajstić information content (AvgIpc) is 3.07. The number of anilines is 2. The fourth-order valence-corrected chi connectivity index (χ4v) is 3.12. The van der Waals surface area contributed by atoms with Crippen LogP contribution < -0.4 is 19.7 Å². The zero-order valence-corrected chi connectivity index (χ0v) is 16.6. The number of urea groups is 1. The molecular formula is C21H23N3O5. The molecule has 0 atom stereocenters. The Morgan fingerprint density at radius 1 is 1.00 bits per heavy atom. The molecule has 152 valence electrons. The van der Waals surface area contributed by atoms with E-state index in [4.69, 9.17) is 9.47 Å². The lowest BCUT2D eigenvalue weighted by atomic mass is 10.1. The minimum absolute atomic E-state index is 0.0409. The number of carbonyl (C=O) groups excluding carboxylic acids is 3. The van der Waals surface area contributed by atoms with E-state index in [1.807, 2.05) is 0 Å². The second kappa shape index (κ2) is 8.64. The third-order valence-corrected chi connectivity index (χ3v) is 4.68. The molecule has 2 aromatic carbocycles. The first-order valence-electron chi connectivity index (χ1n) is 9.12. The van der Waals surface area contributed by atoms with Crippen LogP contribution in [0.4, 0.5) is 16.2 Å². The van der Waals surface area contributed by atoms with Crippen LogP contribution in [0.3, 0.4) is 0 Å². The molecule has 29 heavy (non-hydrogen) atoms. The smallest absolute Gasteiger partial charge is 0.325 e. The van der Waals surface area contributed by atoms with Crippen molar-refractivity contribution in [2.45, 2.75) is 6.92 Å². The molecule has 2 aromatic rings. The monoisotopic (exact) mass is 397 g/mol. The van der Waals surface area contributed by atoms with E-state index in [0.29, 0.717) is 41.5 Å². The highest BCUT2D eigenvalue weighted by Crippen LogP contribution is 2.32. The summed E-state index contributed by atoms with van der Waals surface area (Å²) in [5.41, 5.74) is 1.82. The zero-order valence-electron chi connectivity index (χ0n) is 16.6. The van der Waals surface area contributed by atoms with Gasteiger partial charge in [-0.2, -0.15) is 0 Å². The van der Waals surface area contributed by atoms with E-state index in [1.165, 1.54) is 18.9 Å². The summed E-state index contributed by atoms with van der Waals surface area (Å²) in [6.45, 7) is 2.33. The van der Waals surface area contributed by atoms with Crippen molar-refractivity contribution in [3.63, 3.8) is 0 Å². The molecule has 0 unspecified atom stereocenters. The van der Waals surface area contributed by atoms with Gasteiger partial charge >= 0.3 is 6.03 Å². The number of carbonyl (C=O) groups is 3. The highest BCUT2D eigenvalue weighted by atomic mass is 16.5. The van der Waals surface area contributed by atoms with Crippen molar-refractivity contribution < 1.29 is 23.9 Å². The van der Waals surface area contributed by atoms with Gasteiger partial charge in [0.15, 0.2) is 17.3 Å². The normalized spacial score (nSPS) is 13.4. The van der Waals surface area contributed by atoms with Crippen LogP contribution in [0.5, 0.6) is 11.5 Å². The van der Waals surface area contributed by atoms with Crippen molar-refractivity contribution in [1.29, 1.82) is 0 Å². The van der Waals surface area contributed by atoms with Crippen molar-refractivity contribution >= 4 is 29.1 Å². The summed E-state index contributed by atoms with van der Waals surface area (Å²) >= 11 is 0. The molecule has 0 bridgehead atoms. The van der Waals surface area contributed by atoms with Gasteiger partial charge in [-0.1, -0.05) is 0 Å². The van der Waals surface area contributed by atoms with E-state index in [1.54, 1.807) is 54.5 Å². The van der Waals surface area contributed by atoms with Crippen molar-refractivity contribution in [2.24, 2.45) is 0 Å².